The van der Waals surface area contributed by atoms with E-state index in [4.69, 9.17) is 0 Å². The lowest BCUT2D eigenvalue weighted by atomic mass is 10.0. The normalized spacial score (nSPS) is 12.2. The fraction of sp³-hybridized carbons (Fsp3) is 0.333. The van der Waals surface area contributed by atoms with E-state index >= 15 is 0 Å². The van der Waals surface area contributed by atoms with Gasteiger partial charge in [0.1, 0.15) is 12.6 Å². The summed E-state index contributed by atoms with van der Waals surface area (Å²) >= 11 is 3.48. The molecule has 39 heavy (non-hydrogen) atoms. The van der Waals surface area contributed by atoms with Gasteiger partial charge in [-0.2, -0.15) is 0 Å². The third-order valence-electron chi connectivity index (χ3n) is 6.37. The molecular formula is C30H36BrN3O4S. The number of amides is 2. The monoisotopic (exact) mass is 613 g/mol. The highest BCUT2D eigenvalue weighted by Gasteiger charge is 2.33. The first-order chi connectivity index (χ1) is 18.5. The molecule has 3 aromatic carbocycles. The van der Waals surface area contributed by atoms with Crippen LogP contribution in [0.25, 0.3) is 0 Å². The molecule has 208 valence electrons. The van der Waals surface area contributed by atoms with Gasteiger partial charge in [0.05, 0.1) is 11.9 Å². The molecule has 2 amide bonds. The van der Waals surface area contributed by atoms with Crippen LogP contribution in [0.2, 0.25) is 0 Å². The lowest BCUT2D eigenvalue weighted by Gasteiger charge is -2.34. The summed E-state index contributed by atoms with van der Waals surface area (Å²) in [4.78, 5) is 29.0. The first-order valence-electron chi connectivity index (χ1n) is 12.9. The second-order valence-corrected chi connectivity index (χ2v) is 12.6. The van der Waals surface area contributed by atoms with E-state index in [0.29, 0.717) is 12.2 Å². The number of sulfonamides is 1. The first-order valence-corrected chi connectivity index (χ1v) is 15.6. The summed E-state index contributed by atoms with van der Waals surface area (Å²) in [5, 5.41) is 2.86. The molecule has 3 aromatic rings. The Kier molecular flexibility index (Phi) is 10.7. The van der Waals surface area contributed by atoms with Gasteiger partial charge in [-0.05, 0) is 47.7 Å². The van der Waals surface area contributed by atoms with Gasteiger partial charge in [-0.25, -0.2) is 8.42 Å². The molecule has 0 aliphatic carbocycles. The highest BCUT2D eigenvalue weighted by Crippen LogP contribution is 2.29. The number of halogens is 1. The van der Waals surface area contributed by atoms with Crippen molar-refractivity contribution in [3.05, 3.63) is 100 Å². The summed E-state index contributed by atoms with van der Waals surface area (Å²) in [5.74, 6) is -0.719. The first kappa shape index (κ1) is 30.4. The number of anilines is 1. The minimum absolute atomic E-state index is 0.0412. The molecule has 7 nitrogen and oxygen atoms in total. The van der Waals surface area contributed by atoms with E-state index in [1.54, 1.807) is 12.1 Å². The van der Waals surface area contributed by atoms with Crippen molar-refractivity contribution in [3.63, 3.8) is 0 Å². The number of hydrogen-bond acceptors (Lipinski definition) is 4. The molecule has 0 aromatic heterocycles. The average Bonchev–Trinajstić information content (AvgIpc) is 2.89. The number of carbonyl (C=O) groups excluding carboxylic acids is 2. The molecule has 0 aliphatic rings. The summed E-state index contributed by atoms with van der Waals surface area (Å²) < 4.78 is 28.1. The fourth-order valence-electron chi connectivity index (χ4n) is 4.48. The maximum absolute atomic E-state index is 14.1. The van der Waals surface area contributed by atoms with Gasteiger partial charge in [0.15, 0.2) is 0 Å². The molecule has 0 saturated carbocycles. The van der Waals surface area contributed by atoms with Crippen molar-refractivity contribution in [2.75, 3.05) is 23.7 Å². The van der Waals surface area contributed by atoms with Gasteiger partial charge >= 0.3 is 0 Å². The number of likely N-dealkylation sites (N-methyl/N-ethyl adjacent to an activating group) is 1. The molecule has 0 heterocycles. The van der Waals surface area contributed by atoms with Gasteiger partial charge in [-0.1, -0.05) is 90.4 Å². The number of rotatable bonds is 12. The van der Waals surface area contributed by atoms with Crippen LogP contribution in [0.15, 0.2) is 83.3 Å². The summed E-state index contributed by atoms with van der Waals surface area (Å²) in [6, 6.07) is 23.4. The Morgan fingerprint density at radius 3 is 2.18 bits per heavy atom. The van der Waals surface area contributed by atoms with Crippen molar-refractivity contribution in [2.45, 2.75) is 45.7 Å². The van der Waals surface area contributed by atoms with Crippen LogP contribution in [0.5, 0.6) is 0 Å². The second kappa shape index (κ2) is 13.8. The molecular weight excluding hydrogens is 578 g/mol. The van der Waals surface area contributed by atoms with Crippen LogP contribution in [-0.2, 0) is 32.6 Å². The molecule has 9 heteroatoms. The molecule has 3 rings (SSSR count). The molecule has 0 fully saturated rings. The van der Waals surface area contributed by atoms with E-state index in [-0.39, 0.29) is 24.8 Å². The molecule has 0 saturated heterocycles. The average molecular weight is 615 g/mol. The Morgan fingerprint density at radius 1 is 0.923 bits per heavy atom. The van der Waals surface area contributed by atoms with Gasteiger partial charge in [0, 0.05) is 24.0 Å². The summed E-state index contributed by atoms with van der Waals surface area (Å²) in [7, 11) is -3.82. The summed E-state index contributed by atoms with van der Waals surface area (Å²) in [5.41, 5.74) is 2.99. The second-order valence-electron chi connectivity index (χ2n) is 9.73. The largest absolute Gasteiger partial charge is 0.355 e. The highest BCUT2D eigenvalue weighted by molar-refractivity contribution is 9.10. The molecule has 0 bridgehead atoms. The maximum Gasteiger partial charge on any atom is 0.244 e. The Balaban J connectivity index is 2.08. The molecule has 0 radical (unpaired) electrons. The smallest absolute Gasteiger partial charge is 0.244 e. The summed E-state index contributed by atoms with van der Waals surface area (Å²) in [6.07, 6.45) is 1.38. The number of hydrogen-bond donors (Lipinski definition) is 1. The van der Waals surface area contributed by atoms with Crippen LogP contribution in [-0.4, -0.2) is 50.5 Å². The lowest BCUT2D eigenvalue weighted by molar-refractivity contribution is -0.140. The minimum atomic E-state index is -3.82. The Hall–Kier alpha value is -3.17. The summed E-state index contributed by atoms with van der Waals surface area (Å²) in [6.45, 7) is 5.89. The topological polar surface area (TPSA) is 86.8 Å². The third kappa shape index (κ3) is 8.41. The number of carbonyl (C=O) groups is 2. The van der Waals surface area contributed by atoms with E-state index in [1.807, 2.05) is 87.5 Å². The number of nitrogens with one attached hydrogen (secondary N) is 1. The Morgan fingerprint density at radius 2 is 1.56 bits per heavy atom. The van der Waals surface area contributed by atoms with Gasteiger partial charge < -0.3 is 10.2 Å². The standard InChI is InChI=1S/C30H36BrN3O4S/c1-5-32-30(36)28(19-23-12-7-6-8-13-23)33(20-24-14-11-15-25(31)18-24)29(35)21-34(39(4,37)38)27-17-10-9-16-26(27)22(2)3/h6-18,22,28H,5,19-21H2,1-4H3,(H,32,36)/t28-/m1/s1. The Labute approximate surface area is 240 Å². The highest BCUT2D eigenvalue weighted by atomic mass is 79.9. The molecule has 1 N–H and O–H groups in total. The van der Waals surface area contributed by atoms with Gasteiger partial charge in [0.2, 0.25) is 21.8 Å². The van der Waals surface area contributed by atoms with Gasteiger partial charge in [-0.15, -0.1) is 0 Å². The molecule has 1 atom stereocenters. The molecule has 0 aliphatic heterocycles. The van der Waals surface area contributed by atoms with E-state index in [2.05, 4.69) is 21.2 Å². The predicted octanol–water partition coefficient (Wildman–Crippen LogP) is 5.11. The number of benzene rings is 3. The minimum Gasteiger partial charge on any atom is -0.355 e. The third-order valence-corrected chi connectivity index (χ3v) is 7.99. The van der Waals surface area contributed by atoms with E-state index in [1.165, 1.54) is 4.90 Å². The lowest BCUT2D eigenvalue weighted by Crippen LogP contribution is -2.53. The quantitative estimate of drug-likeness (QED) is 0.307. The molecule has 0 unspecified atom stereocenters. The van der Waals surface area contributed by atoms with Gasteiger partial charge in [0.25, 0.3) is 0 Å². The predicted molar refractivity (Wildman–Crippen MR) is 160 cm³/mol. The Bertz CT molecular complexity index is 1380. The van der Waals surface area contributed by atoms with E-state index in [0.717, 1.165) is 31.7 Å². The zero-order valence-corrected chi connectivity index (χ0v) is 25.2. The van der Waals surface area contributed by atoms with Crippen molar-refractivity contribution >= 4 is 43.5 Å². The molecule has 0 spiro atoms. The fourth-order valence-corrected chi connectivity index (χ4v) is 5.79. The van der Waals surface area contributed by atoms with E-state index in [9.17, 15) is 18.0 Å². The van der Waals surface area contributed by atoms with Crippen LogP contribution in [0, 0.1) is 0 Å². The number of para-hydroxylation sites is 1. The zero-order valence-electron chi connectivity index (χ0n) is 22.8. The van der Waals surface area contributed by atoms with Crippen LogP contribution in [0.3, 0.4) is 0 Å². The van der Waals surface area contributed by atoms with Crippen molar-refractivity contribution < 1.29 is 18.0 Å². The maximum atomic E-state index is 14.1. The van der Waals surface area contributed by atoms with Crippen LogP contribution in [0.1, 0.15) is 43.4 Å². The van der Waals surface area contributed by atoms with Crippen LogP contribution >= 0.6 is 15.9 Å². The van der Waals surface area contributed by atoms with Crippen molar-refractivity contribution in [1.29, 1.82) is 0 Å². The number of nitrogens with zero attached hydrogens (tertiary/aromatic N) is 2. The van der Waals surface area contributed by atoms with Crippen molar-refractivity contribution in [1.82, 2.24) is 10.2 Å². The van der Waals surface area contributed by atoms with Gasteiger partial charge in [-0.3, -0.25) is 13.9 Å². The SMILES string of the molecule is CCNC(=O)[C@@H](Cc1ccccc1)N(Cc1cccc(Br)c1)C(=O)CN(c1ccccc1C(C)C)S(C)(=O)=O. The van der Waals surface area contributed by atoms with Crippen molar-refractivity contribution in [3.8, 4) is 0 Å². The van der Waals surface area contributed by atoms with Crippen LogP contribution in [0.4, 0.5) is 5.69 Å². The van der Waals surface area contributed by atoms with E-state index < -0.39 is 28.5 Å². The van der Waals surface area contributed by atoms with Crippen LogP contribution < -0.4 is 9.62 Å². The zero-order chi connectivity index (χ0) is 28.6. The van der Waals surface area contributed by atoms with Crippen molar-refractivity contribution in [2.24, 2.45) is 0 Å².